The molecule has 0 aliphatic carbocycles. The van der Waals surface area contributed by atoms with Gasteiger partial charge in [0.15, 0.2) is 0 Å². The van der Waals surface area contributed by atoms with Crippen molar-refractivity contribution in [2.45, 2.75) is 20.0 Å². The smallest absolute Gasteiger partial charge is 0.275 e. The van der Waals surface area contributed by atoms with E-state index in [9.17, 15) is 4.79 Å². The summed E-state index contributed by atoms with van der Waals surface area (Å²) in [6, 6.07) is 15.1. The Balaban J connectivity index is 1.59. The van der Waals surface area contributed by atoms with E-state index >= 15 is 0 Å². The molecule has 0 saturated carbocycles. The highest BCUT2D eigenvalue weighted by atomic mass is 16.5. The van der Waals surface area contributed by atoms with Crippen LogP contribution in [0.2, 0.25) is 0 Å². The lowest BCUT2D eigenvalue weighted by Crippen LogP contribution is -2.14. The number of nitrogens with one attached hydrogen (secondary N) is 2. The lowest BCUT2D eigenvalue weighted by molar-refractivity contribution is 0.102. The van der Waals surface area contributed by atoms with Gasteiger partial charge >= 0.3 is 0 Å². The third-order valence-corrected chi connectivity index (χ3v) is 4.02. The number of aromatic nitrogens is 2. The van der Waals surface area contributed by atoms with Crippen LogP contribution in [0.4, 0.5) is 22.9 Å². The van der Waals surface area contributed by atoms with Crippen molar-refractivity contribution < 1.29 is 9.53 Å². The molecule has 3 rings (SSSR count). The molecule has 29 heavy (non-hydrogen) atoms. The van der Waals surface area contributed by atoms with Crippen molar-refractivity contribution in [1.82, 2.24) is 9.97 Å². The van der Waals surface area contributed by atoms with Crippen molar-refractivity contribution in [2.24, 2.45) is 0 Å². The first-order chi connectivity index (χ1) is 13.9. The minimum absolute atomic E-state index is 0.129. The highest BCUT2D eigenvalue weighted by Crippen LogP contribution is 2.20. The summed E-state index contributed by atoms with van der Waals surface area (Å²) in [6.07, 6.45) is 3.11. The summed E-state index contributed by atoms with van der Waals surface area (Å²) in [5, 5.41) is 5.97. The second-order valence-corrected chi connectivity index (χ2v) is 7.00. The second kappa shape index (κ2) is 9.05. The lowest BCUT2D eigenvalue weighted by atomic mass is 10.2. The predicted molar refractivity (Wildman–Crippen MR) is 116 cm³/mol. The fraction of sp³-hybridized carbons (Fsp3) is 0.227. The van der Waals surface area contributed by atoms with Gasteiger partial charge in [-0.2, -0.15) is 0 Å². The number of carbonyl (C=O) groups excluding carboxylic acids is 1. The van der Waals surface area contributed by atoms with Crippen LogP contribution < -0.4 is 20.3 Å². The summed E-state index contributed by atoms with van der Waals surface area (Å²) in [6.45, 7) is 3.97. The lowest BCUT2D eigenvalue weighted by Gasteiger charge is -2.13. The highest BCUT2D eigenvalue weighted by molar-refractivity contribution is 6.02. The van der Waals surface area contributed by atoms with Gasteiger partial charge in [-0.05, 0) is 62.4 Å². The number of hydrogen-bond donors (Lipinski definition) is 2. The molecule has 7 nitrogen and oxygen atoms in total. The Hall–Kier alpha value is -3.61. The molecule has 0 saturated heterocycles. The molecule has 150 valence electrons. The summed E-state index contributed by atoms with van der Waals surface area (Å²) in [4.78, 5) is 22.8. The fourth-order valence-corrected chi connectivity index (χ4v) is 2.58. The molecule has 1 amide bonds. The van der Waals surface area contributed by atoms with E-state index in [2.05, 4.69) is 20.6 Å². The fourth-order valence-electron chi connectivity index (χ4n) is 2.58. The molecule has 3 aromatic rings. The molecule has 0 aliphatic rings. The highest BCUT2D eigenvalue weighted by Gasteiger charge is 2.09. The molecule has 1 aromatic heterocycles. The minimum atomic E-state index is -0.308. The Morgan fingerprint density at radius 2 is 1.59 bits per heavy atom. The summed E-state index contributed by atoms with van der Waals surface area (Å²) in [7, 11) is 3.93. The first-order valence-electron chi connectivity index (χ1n) is 9.35. The zero-order valence-corrected chi connectivity index (χ0v) is 17.0. The number of benzene rings is 2. The van der Waals surface area contributed by atoms with Crippen molar-refractivity contribution in [1.29, 1.82) is 0 Å². The number of rotatable bonds is 7. The summed E-state index contributed by atoms with van der Waals surface area (Å²) in [5.74, 6) is 1.05. The first kappa shape index (κ1) is 20.1. The van der Waals surface area contributed by atoms with Gasteiger partial charge in [0.25, 0.3) is 5.91 Å². The van der Waals surface area contributed by atoms with Gasteiger partial charge in [0, 0.05) is 31.2 Å². The van der Waals surface area contributed by atoms with Gasteiger partial charge in [-0.25, -0.2) is 9.97 Å². The zero-order chi connectivity index (χ0) is 20.8. The molecule has 0 bridgehead atoms. The van der Waals surface area contributed by atoms with E-state index in [4.69, 9.17) is 4.74 Å². The Labute approximate surface area is 170 Å². The van der Waals surface area contributed by atoms with E-state index in [1.165, 1.54) is 12.4 Å². The number of amides is 1. The second-order valence-electron chi connectivity index (χ2n) is 7.00. The maximum absolute atomic E-state index is 12.4. The van der Waals surface area contributed by atoms with Crippen LogP contribution in [-0.4, -0.2) is 36.1 Å². The minimum Gasteiger partial charge on any atom is -0.491 e. The monoisotopic (exact) mass is 391 g/mol. The maximum atomic E-state index is 12.4. The zero-order valence-electron chi connectivity index (χ0n) is 17.0. The van der Waals surface area contributed by atoms with E-state index < -0.39 is 0 Å². The maximum Gasteiger partial charge on any atom is 0.275 e. The molecule has 2 aromatic carbocycles. The van der Waals surface area contributed by atoms with Gasteiger partial charge in [-0.3, -0.25) is 4.79 Å². The van der Waals surface area contributed by atoms with Crippen LogP contribution in [0.25, 0.3) is 0 Å². The van der Waals surface area contributed by atoms with Gasteiger partial charge < -0.3 is 20.3 Å². The number of ether oxygens (including phenoxy) is 1. The van der Waals surface area contributed by atoms with Gasteiger partial charge in [0.05, 0.1) is 18.5 Å². The van der Waals surface area contributed by atoms with Crippen LogP contribution in [-0.2, 0) is 0 Å². The van der Waals surface area contributed by atoms with Crippen molar-refractivity contribution in [3.8, 4) is 5.75 Å². The van der Waals surface area contributed by atoms with Crippen molar-refractivity contribution >= 4 is 28.8 Å². The predicted octanol–water partition coefficient (Wildman–Crippen LogP) is 4.33. The Morgan fingerprint density at radius 3 is 2.14 bits per heavy atom. The van der Waals surface area contributed by atoms with Crippen LogP contribution in [0.1, 0.15) is 24.3 Å². The van der Waals surface area contributed by atoms with Crippen LogP contribution >= 0.6 is 0 Å². The van der Waals surface area contributed by atoms with Crippen molar-refractivity contribution in [2.75, 3.05) is 29.6 Å². The largest absolute Gasteiger partial charge is 0.491 e. The van der Waals surface area contributed by atoms with Crippen LogP contribution in [0.15, 0.2) is 60.9 Å². The standard InChI is InChI=1S/C22H25N5O2/c1-15(2)29-19-11-7-16(8-12-19)25-21-14-23-20(13-24-21)22(28)26-17-5-9-18(10-6-17)27(3)4/h5-15H,1-4H3,(H,24,25)(H,26,28). The van der Waals surface area contributed by atoms with Crippen LogP contribution in [0.3, 0.4) is 0 Å². The molecular weight excluding hydrogens is 366 g/mol. The average molecular weight is 391 g/mol. The molecule has 0 aliphatic heterocycles. The summed E-state index contributed by atoms with van der Waals surface area (Å²) < 4.78 is 5.63. The molecule has 0 fully saturated rings. The number of carbonyl (C=O) groups is 1. The van der Waals surface area contributed by atoms with E-state index in [1.807, 2.05) is 81.4 Å². The average Bonchev–Trinajstić information content (AvgIpc) is 2.70. The molecule has 0 spiro atoms. The van der Waals surface area contributed by atoms with E-state index in [1.54, 1.807) is 0 Å². The van der Waals surface area contributed by atoms with Crippen molar-refractivity contribution in [3.05, 3.63) is 66.6 Å². The van der Waals surface area contributed by atoms with Gasteiger partial charge in [0.2, 0.25) is 0 Å². The van der Waals surface area contributed by atoms with Crippen LogP contribution in [0, 0.1) is 0 Å². The number of nitrogens with zero attached hydrogens (tertiary/aromatic N) is 3. The molecule has 7 heteroatoms. The number of hydrogen-bond acceptors (Lipinski definition) is 6. The van der Waals surface area contributed by atoms with E-state index in [-0.39, 0.29) is 17.7 Å². The topological polar surface area (TPSA) is 79.4 Å². The van der Waals surface area contributed by atoms with E-state index in [0.29, 0.717) is 11.5 Å². The molecule has 0 atom stereocenters. The van der Waals surface area contributed by atoms with Crippen LogP contribution in [0.5, 0.6) is 5.75 Å². The Bertz CT molecular complexity index is 936. The molecule has 1 heterocycles. The normalized spacial score (nSPS) is 10.5. The third-order valence-electron chi connectivity index (χ3n) is 4.02. The molecular formula is C22H25N5O2. The Morgan fingerprint density at radius 1 is 0.931 bits per heavy atom. The molecule has 0 unspecified atom stereocenters. The number of anilines is 4. The molecule has 2 N–H and O–H groups in total. The van der Waals surface area contributed by atoms with Gasteiger partial charge in [-0.1, -0.05) is 0 Å². The summed E-state index contributed by atoms with van der Waals surface area (Å²) in [5.41, 5.74) is 2.86. The quantitative estimate of drug-likeness (QED) is 0.624. The SMILES string of the molecule is CC(C)Oc1ccc(Nc2cnc(C(=O)Nc3ccc(N(C)C)cc3)cn2)cc1. The first-order valence-corrected chi connectivity index (χ1v) is 9.35. The Kier molecular flexibility index (Phi) is 6.29. The van der Waals surface area contributed by atoms with Gasteiger partial charge in [-0.15, -0.1) is 0 Å². The third kappa shape index (κ3) is 5.68. The van der Waals surface area contributed by atoms with Gasteiger partial charge in [0.1, 0.15) is 17.3 Å². The molecule has 0 radical (unpaired) electrons. The summed E-state index contributed by atoms with van der Waals surface area (Å²) >= 11 is 0. The van der Waals surface area contributed by atoms with E-state index in [0.717, 1.165) is 17.1 Å². The van der Waals surface area contributed by atoms with Crippen molar-refractivity contribution in [3.63, 3.8) is 0 Å².